The highest BCUT2D eigenvalue weighted by Crippen LogP contribution is 2.19. The summed E-state index contributed by atoms with van der Waals surface area (Å²) in [5.41, 5.74) is 6.93. The number of benzene rings is 1. The van der Waals surface area contributed by atoms with E-state index in [1.165, 1.54) is 6.07 Å². The molecule has 4 nitrogen and oxygen atoms in total. The molecule has 2 N–H and O–H groups in total. The van der Waals surface area contributed by atoms with Gasteiger partial charge in [0.15, 0.2) is 0 Å². The minimum absolute atomic E-state index is 0. The summed E-state index contributed by atoms with van der Waals surface area (Å²) in [5, 5.41) is 3.85. The fourth-order valence-corrected chi connectivity index (χ4v) is 1.51. The number of nitrogens with two attached hydrogens (primary N) is 1. The second-order valence-electron chi connectivity index (χ2n) is 4.16. The minimum atomic E-state index is -0.243. The van der Waals surface area contributed by atoms with Crippen molar-refractivity contribution in [3.8, 4) is 11.4 Å². The molecular formula is C12H15ClFN3O. The van der Waals surface area contributed by atoms with Gasteiger partial charge in [-0.25, -0.2) is 4.39 Å². The lowest BCUT2D eigenvalue weighted by molar-refractivity contribution is 0.372. The maximum Gasteiger partial charge on any atom is 0.228 e. The van der Waals surface area contributed by atoms with Crippen molar-refractivity contribution in [2.45, 2.75) is 26.3 Å². The first-order valence-corrected chi connectivity index (χ1v) is 5.41. The van der Waals surface area contributed by atoms with Gasteiger partial charge in [0.05, 0.1) is 0 Å². The van der Waals surface area contributed by atoms with Crippen LogP contribution in [0.4, 0.5) is 4.39 Å². The lowest BCUT2D eigenvalue weighted by Gasteiger charge is -1.98. The summed E-state index contributed by atoms with van der Waals surface area (Å²) in [6.07, 6.45) is 0.535. The first kappa shape index (κ1) is 14.6. The molecule has 18 heavy (non-hydrogen) atoms. The van der Waals surface area contributed by atoms with Crippen LogP contribution in [0.2, 0.25) is 0 Å². The summed E-state index contributed by atoms with van der Waals surface area (Å²) >= 11 is 0. The average Bonchev–Trinajstić information content (AvgIpc) is 2.69. The van der Waals surface area contributed by atoms with Crippen molar-refractivity contribution in [1.29, 1.82) is 0 Å². The first-order valence-electron chi connectivity index (χ1n) is 5.41. The van der Waals surface area contributed by atoms with Crippen LogP contribution in [-0.4, -0.2) is 16.2 Å². The maximum absolute atomic E-state index is 13.1. The summed E-state index contributed by atoms with van der Waals surface area (Å²) in [4.78, 5) is 4.21. The summed E-state index contributed by atoms with van der Waals surface area (Å²) in [7, 11) is 0. The van der Waals surface area contributed by atoms with E-state index < -0.39 is 0 Å². The van der Waals surface area contributed by atoms with Gasteiger partial charge in [-0.15, -0.1) is 12.4 Å². The number of aromatic nitrogens is 2. The number of rotatable bonds is 3. The molecule has 1 unspecified atom stereocenters. The standard InChI is InChI=1S/C12H14FN3O.ClH/c1-7-5-9(3-4-10(7)13)12-15-11(17-16-12)6-8(2)14;/h3-5,8H,6,14H2,1-2H3;1H. The molecule has 0 saturated carbocycles. The number of aryl methyl sites for hydroxylation is 1. The van der Waals surface area contributed by atoms with Crippen LogP contribution in [0.5, 0.6) is 0 Å². The Morgan fingerprint density at radius 3 is 2.78 bits per heavy atom. The van der Waals surface area contributed by atoms with Crippen molar-refractivity contribution in [2.75, 3.05) is 0 Å². The zero-order valence-corrected chi connectivity index (χ0v) is 11.0. The SMILES string of the molecule is Cc1cc(-c2noc(CC(C)N)n2)ccc1F.Cl. The smallest absolute Gasteiger partial charge is 0.228 e. The molecule has 0 amide bonds. The fraction of sp³-hybridized carbons (Fsp3) is 0.333. The van der Waals surface area contributed by atoms with Gasteiger partial charge >= 0.3 is 0 Å². The summed E-state index contributed by atoms with van der Waals surface area (Å²) in [6, 6.07) is 4.68. The zero-order chi connectivity index (χ0) is 12.4. The predicted octanol–water partition coefficient (Wildman–Crippen LogP) is 2.50. The molecule has 1 aromatic carbocycles. The van der Waals surface area contributed by atoms with Crippen LogP contribution < -0.4 is 5.73 Å². The van der Waals surface area contributed by atoms with Gasteiger partial charge in [-0.05, 0) is 37.6 Å². The highest BCUT2D eigenvalue weighted by atomic mass is 35.5. The van der Waals surface area contributed by atoms with Crippen molar-refractivity contribution in [3.05, 3.63) is 35.5 Å². The quantitative estimate of drug-likeness (QED) is 0.931. The van der Waals surface area contributed by atoms with E-state index in [4.69, 9.17) is 10.3 Å². The molecule has 0 bridgehead atoms. The molecule has 0 fully saturated rings. The molecular weight excluding hydrogens is 257 g/mol. The second-order valence-corrected chi connectivity index (χ2v) is 4.16. The Labute approximate surface area is 111 Å². The Hall–Kier alpha value is -1.46. The molecule has 1 atom stereocenters. The highest BCUT2D eigenvalue weighted by molar-refractivity contribution is 5.85. The van der Waals surface area contributed by atoms with Gasteiger partial charge in [0.1, 0.15) is 5.82 Å². The molecule has 0 aliphatic heterocycles. The lowest BCUT2D eigenvalue weighted by atomic mass is 10.1. The second kappa shape index (κ2) is 5.93. The van der Waals surface area contributed by atoms with Gasteiger partial charge in [0.25, 0.3) is 0 Å². The topological polar surface area (TPSA) is 64.9 Å². The summed E-state index contributed by atoms with van der Waals surface area (Å²) in [6.45, 7) is 3.56. The average molecular weight is 272 g/mol. The molecule has 0 aliphatic rings. The molecule has 1 heterocycles. The van der Waals surface area contributed by atoms with Crippen LogP contribution >= 0.6 is 12.4 Å². The fourth-order valence-electron chi connectivity index (χ4n) is 1.51. The Balaban J connectivity index is 0.00000162. The number of halogens is 2. The Bertz CT molecular complexity index is 528. The molecule has 0 saturated heterocycles. The van der Waals surface area contributed by atoms with E-state index in [-0.39, 0.29) is 24.3 Å². The van der Waals surface area contributed by atoms with Crippen LogP contribution in [-0.2, 0) is 6.42 Å². The van der Waals surface area contributed by atoms with Crippen LogP contribution in [0.25, 0.3) is 11.4 Å². The number of nitrogens with zero attached hydrogens (tertiary/aromatic N) is 2. The van der Waals surface area contributed by atoms with E-state index in [0.717, 1.165) is 5.56 Å². The molecule has 6 heteroatoms. The Morgan fingerprint density at radius 1 is 1.44 bits per heavy atom. The minimum Gasteiger partial charge on any atom is -0.339 e. The maximum atomic E-state index is 13.1. The van der Waals surface area contributed by atoms with Gasteiger partial charge in [-0.1, -0.05) is 5.16 Å². The molecule has 0 aliphatic carbocycles. The van der Waals surface area contributed by atoms with E-state index in [1.807, 2.05) is 6.92 Å². The van der Waals surface area contributed by atoms with Gasteiger partial charge in [0.2, 0.25) is 11.7 Å². The normalized spacial score (nSPS) is 12.0. The molecule has 2 aromatic rings. The van der Waals surface area contributed by atoms with Gasteiger partial charge < -0.3 is 10.3 Å². The van der Waals surface area contributed by atoms with E-state index >= 15 is 0 Å². The number of hydrogen-bond donors (Lipinski definition) is 1. The monoisotopic (exact) mass is 271 g/mol. The highest BCUT2D eigenvalue weighted by Gasteiger charge is 2.11. The van der Waals surface area contributed by atoms with Crippen molar-refractivity contribution >= 4 is 12.4 Å². The van der Waals surface area contributed by atoms with E-state index in [2.05, 4.69) is 10.1 Å². The third kappa shape index (κ3) is 3.27. The predicted molar refractivity (Wildman–Crippen MR) is 69.0 cm³/mol. The van der Waals surface area contributed by atoms with Gasteiger partial charge in [-0.3, -0.25) is 0 Å². The summed E-state index contributed by atoms with van der Waals surface area (Å²) in [5.74, 6) is 0.716. The third-order valence-corrected chi connectivity index (χ3v) is 2.38. The van der Waals surface area contributed by atoms with Crippen molar-refractivity contribution in [1.82, 2.24) is 10.1 Å². The Kier molecular flexibility index (Phi) is 4.81. The largest absolute Gasteiger partial charge is 0.339 e. The lowest BCUT2D eigenvalue weighted by Crippen LogP contribution is -2.17. The van der Waals surface area contributed by atoms with Gasteiger partial charge in [0, 0.05) is 18.0 Å². The zero-order valence-electron chi connectivity index (χ0n) is 10.2. The molecule has 1 aromatic heterocycles. The van der Waals surface area contributed by atoms with Crippen molar-refractivity contribution in [3.63, 3.8) is 0 Å². The Morgan fingerprint density at radius 2 is 2.17 bits per heavy atom. The van der Waals surface area contributed by atoms with Crippen molar-refractivity contribution < 1.29 is 8.91 Å². The summed E-state index contributed by atoms with van der Waals surface area (Å²) < 4.78 is 18.2. The first-order chi connectivity index (χ1) is 8.06. The third-order valence-electron chi connectivity index (χ3n) is 2.38. The van der Waals surface area contributed by atoms with Crippen LogP contribution in [0, 0.1) is 12.7 Å². The van der Waals surface area contributed by atoms with E-state index in [0.29, 0.717) is 23.7 Å². The number of hydrogen-bond acceptors (Lipinski definition) is 4. The van der Waals surface area contributed by atoms with E-state index in [1.54, 1.807) is 19.1 Å². The molecule has 0 radical (unpaired) electrons. The van der Waals surface area contributed by atoms with Crippen LogP contribution in [0.15, 0.2) is 22.7 Å². The molecule has 2 rings (SSSR count). The van der Waals surface area contributed by atoms with E-state index in [9.17, 15) is 4.39 Å². The van der Waals surface area contributed by atoms with Crippen molar-refractivity contribution in [2.24, 2.45) is 5.73 Å². The molecule has 0 spiro atoms. The molecule has 98 valence electrons. The van der Waals surface area contributed by atoms with Crippen LogP contribution in [0.1, 0.15) is 18.4 Å². The van der Waals surface area contributed by atoms with Crippen LogP contribution in [0.3, 0.4) is 0 Å². The van der Waals surface area contributed by atoms with Gasteiger partial charge in [-0.2, -0.15) is 4.98 Å².